The predicted octanol–water partition coefficient (Wildman–Crippen LogP) is 2.09. The summed E-state index contributed by atoms with van der Waals surface area (Å²) >= 11 is 0. The number of hydrogen-bond donors (Lipinski definition) is 2. The van der Waals surface area contributed by atoms with Crippen LogP contribution in [-0.4, -0.2) is 30.1 Å². The van der Waals surface area contributed by atoms with Crippen molar-refractivity contribution in [2.24, 2.45) is 0 Å². The average molecular weight is 245 g/mol. The minimum Gasteiger partial charge on any atom is -0.317 e. The van der Waals surface area contributed by atoms with Crippen molar-refractivity contribution in [2.75, 3.05) is 18.4 Å². The van der Waals surface area contributed by atoms with Gasteiger partial charge in [-0.3, -0.25) is 0 Å². The third-order valence-corrected chi connectivity index (χ3v) is 3.94. The summed E-state index contributed by atoms with van der Waals surface area (Å²) in [5.41, 5.74) is 3.38. The molecule has 0 saturated carbocycles. The molecule has 4 nitrogen and oxygen atoms in total. The van der Waals surface area contributed by atoms with Crippen LogP contribution in [-0.2, 0) is 6.54 Å². The van der Waals surface area contributed by atoms with E-state index in [1.807, 2.05) is 17.9 Å². The predicted molar refractivity (Wildman–Crippen MR) is 71.6 cm³/mol. The molecule has 3 rings (SSSR count). The number of hydrogen-bond acceptors (Lipinski definition) is 2. The Balaban J connectivity index is 1.85. The van der Waals surface area contributed by atoms with E-state index < -0.39 is 0 Å². The van der Waals surface area contributed by atoms with Gasteiger partial charge in [-0.05, 0) is 44.0 Å². The maximum Gasteiger partial charge on any atom is 0.322 e. The monoisotopic (exact) mass is 245 g/mol. The number of fused-ring (bicyclic) bond motifs is 1. The van der Waals surface area contributed by atoms with Crippen LogP contribution < -0.4 is 10.6 Å². The highest BCUT2D eigenvalue weighted by atomic mass is 16.2. The Hall–Kier alpha value is -1.55. The number of rotatable bonds is 1. The molecule has 4 heteroatoms. The Kier molecular flexibility index (Phi) is 2.96. The first kappa shape index (κ1) is 11.5. The molecule has 0 atom stereocenters. The summed E-state index contributed by atoms with van der Waals surface area (Å²) in [6.07, 6.45) is 2.10. The van der Waals surface area contributed by atoms with Crippen molar-refractivity contribution in [1.82, 2.24) is 10.2 Å². The lowest BCUT2D eigenvalue weighted by atomic mass is 10.0. The quantitative estimate of drug-likeness (QED) is 0.795. The zero-order valence-corrected chi connectivity index (χ0v) is 10.7. The Morgan fingerprint density at radius 1 is 1.28 bits per heavy atom. The first-order valence-corrected chi connectivity index (χ1v) is 6.62. The zero-order chi connectivity index (χ0) is 12.5. The van der Waals surface area contributed by atoms with Crippen molar-refractivity contribution in [3.63, 3.8) is 0 Å². The second kappa shape index (κ2) is 4.61. The maximum atomic E-state index is 12.2. The van der Waals surface area contributed by atoms with Crippen LogP contribution in [0.25, 0.3) is 0 Å². The molecular formula is C14H19N3O. The van der Waals surface area contributed by atoms with Crippen molar-refractivity contribution < 1.29 is 4.79 Å². The van der Waals surface area contributed by atoms with Gasteiger partial charge in [0.25, 0.3) is 0 Å². The second-order valence-electron chi connectivity index (χ2n) is 5.15. The van der Waals surface area contributed by atoms with E-state index >= 15 is 0 Å². The molecule has 0 unspecified atom stereocenters. The van der Waals surface area contributed by atoms with Gasteiger partial charge < -0.3 is 15.5 Å². The molecule has 2 aliphatic heterocycles. The molecule has 0 radical (unpaired) electrons. The Morgan fingerprint density at radius 2 is 2.06 bits per heavy atom. The van der Waals surface area contributed by atoms with Gasteiger partial charge in [0.1, 0.15) is 0 Å². The number of amides is 2. The molecule has 96 valence electrons. The number of aryl methyl sites for hydroxylation is 1. The molecule has 0 spiro atoms. The van der Waals surface area contributed by atoms with Crippen molar-refractivity contribution in [1.29, 1.82) is 0 Å². The summed E-state index contributed by atoms with van der Waals surface area (Å²) in [6, 6.07) is 6.64. The van der Waals surface area contributed by atoms with Crippen LogP contribution in [0.2, 0.25) is 0 Å². The molecule has 18 heavy (non-hydrogen) atoms. The van der Waals surface area contributed by atoms with Crippen molar-refractivity contribution in [2.45, 2.75) is 32.4 Å². The van der Waals surface area contributed by atoms with E-state index in [9.17, 15) is 4.79 Å². The topological polar surface area (TPSA) is 44.4 Å². The largest absolute Gasteiger partial charge is 0.322 e. The minimum absolute atomic E-state index is 0.0590. The van der Waals surface area contributed by atoms with Gasteiger partial charge in [-0.1, -0.05) is 18.2 Å². The standard InChI is InChI=1S/C14H19N3O/c1-10-3-2-4-11-9-17(14(18)16-13(10)11)12-5-7-15-8-6-12/h2-4,12,15H,5-9H2,1H3,(H,16,18). The number of nitrogens with one attached hydrogen (secondary N) is 2. The zero-order valence-electron chi connectivity index (χ0n) is 10.7. The van der Waals surface area contributed by atoms with E-state index in [2.05, 4.69) is 22.8 Å². The van der Waals surface area contributed by atoms with E-state index in [4.69, 9.17) is 0 Å². The summed E-state index contributed by atoms with van der Waals surface area (Å²) in [5, 5.41) is 6.38. The number of carbonyl (C=O) groups is 1. The summed E-state index contributed by atoms with van der Waals surface area (Å²) < 4.78 is 0. The molecule has 1 aromatic rings. The fourth-order valence-corrected chi connectivity index (χ4v) is 2.89. The first-order valence-electron chi connectivity index (χ1n) is 6.62. The van der Waals surface area contributed by atoms with Gasteiger partial charge in [0.2, 0.25) is 0 Å². The third kappa shape index (κ3) is 1.97. The second-order valence-corrected chi connectivity index (χ2v) is 5.15. The highest BCUT2D eigenvalue weighted by molar-refractivity contribution is 5.93. The van der Waals surface area contributed by atoms with Gasteiger partial charge in [-0.2, -0.15) is 0 Å². The van der Waals surface area contributed by atoms with Gasteiger partial charge in [0.05, 0.1) is 5.69 Å². The van der Waals surface area contributed by atoms with Crippen LogP contribution in [0.3, 0.4) is 0 Å². The van der Waals surface area contributed by atoms with E-state index in [0.717, 1.165) is 43.7 Å². The van der Waals surface area contributed by atoms with Gasteiger partial charge in [0, 0.05) is 12.6 Å². The number of urea groups is 1. The minimum atomic E-state index is 0.0590. The molecular weight excluding hydrogens is 226 g/mol. The van der Waals surface area contributed by atoms with Crippen molar-refractivity contribution in [3.8, 4) is 0 Å². The third-order valence-electron chi connectivity index (χ3n) is 3.94. The number of nitrogens with zero attached hydrogens (tertiary/aromatic N) is 1. The fraction of sp³-hybridized carbons (Fsp3) is 0.500. The molecule has 0 aromatic heterocycles. The Labute approximate surface area is 107 Å². The molecule has 0 aliphatic carbocycles. The van der Waals surface area contributed by atoms with Gasteiger partial charge >= 0.3 is 6.03 Å². The number of carbonyl (C=O) groups excluding carboxylic acids is 1. The highest BCUT2D eigenvalue weighted by Crippen LogP contribution is 2.29. The van der Waals surface area contributed by atoms with Crippen LogP contribution in [0.1, 0.15) is 24.0 Å². The average Bonchev–Trinajstić information content (AvgIpc) is 2.40. The molecule has 2 N–H and O–H groups in total. The van der Waals surface area contributed by atoms with Gasteiger partial charge in [0.15, 0.2) is 0 Å². The molecule has 2 aliphatic rings. The van der Waals surface area contributed by atoms with Crippen LogP contribution in [0.5, 0.6) is 0 Å². The van der Waals surface area contributed by atoms with Crippen LogP contribution in [0.15, 0.2) is 18.2 Å². The molecule has 1 aromatic carbocycles. The molecule has 1 saturated heterocycles. The van der Waals surface area contributed by atoms with Gasteiger partial charge in [-0.25, -0.2) is 4.79 Å². The van der Waals surface area contributed by atoms with Crippen LogP contribution in [0, 0.1) is 6.92 Å². The van der Waals surface area contributed by atoms with E-state index in [0.29, 0.717) is 6.04 Å². The van der Waals surface area contributed by atoms with Gasteiger partial charge in [-0.15, -0.1) is 0 Å². The van der Waals surface area contributed by atoms with Crippen molar-refractivity contribution in [3.05, 3.63) is 29.3 Å². The maximum absolute atomic E-state index is 12.2. The molecule has 2 heterocycles. The molecule has 0 bridgehead atoms. The van der Waals surface area contributed by atoms with E-state index in [1.165, 1.54) is 5.56 Å². The Bertz CT molecular complexity index is 466. The smallest absolute Gasteiger partial charge is 0.317 e. The lowest BCUT2D eigenvalue weighted by Crippen LogP contribution is -2.49. The fourth-order valence-electron chi connectivity index (χ4n) is 2.89. The first-order chi connectivity index (χ1) is 8.75. The number of para-hydroxylation sites is 1. The number of benzene rings is 1. The van der Waals surface area contributed by atoms with Crippen molar-refractivity contribution >= 4 is 11.7 Å². The highest BCUT2D eigenvalue weighted by Gasteiger charge is 2.30. The normalized spacial score (nSPS) is 20.5. The molecule has 2 amide bonds. The summed E-state index contributed by atoms with van der Waals surface area (Å²) in [4.78, 5) is 14.2. The number of piperidine rings is 1. The summed E-state index contributed by atoms with van der Waals surface area (Å²) in [5.74, 6) is 0. The lowest BCUT2D eigenvalue weighted by Gasteiger charge is -2.38. The number of anilines is 1. The lowest BCUT2D eigenvalue weighted by molar-refractivity contribution is 0.163. The molecule has 1 fully saturated rings. The summed E-state index contributed by atoms with van der Waals surface area (Å²) in [7, 11) is 0. The summed E-state index contributed by atoms with van der Waals surface area (Å²) in [6.45, 7) is 4.80. The van der Waals surface area contributed by atoms with E-state index in [1.54, 1.807) is 0 Å². The van der Waals surface area contributed by atoms with E-state index in [-0.39, 0.29) is 6.03 Å². The van der Waals surface area contributed by atoms with Crippen LogP contribution >= 0.6 is 0 Å². The van der Waals surface area contributed by atoms with Crippen LogP contribution in [0.4, 0.5) is 10.5 Å². The Morgan fingerprint density at radius 3 is 2.83 bits per heavy atom. The SMILES string of the molecule is Cc1cccc2c1NC(=O)N(C1CCNCC1)C2.